The van der Waals surface area contributed by atoms with Gasteiger partial charge in [0.2, 0.25) is 0 Å². The predicted molar refractivity (Wildman–Crippen MR) is 110 cm³/mol. The Labute approximate surface area is 168 Å². The maximum atomic E-state index is 12.2. The lowest BCUT2D eigenvalue weighted by molar-refractivity contribution is -0.142. The number of carbonyl (C=O) groups is 1. The van der Waals surface area contributed by atoms with Crippen molar-refractivity contribution in [3.63, 3.8) is 0 Å². The number of fused-ring (bicyclic) bond motifs is 1. The summed E-state index contributed by atoms with van der Waals surface area (Å²) in [6, 6.07) is 12.3. The van der Waals surface area contributed by atoms with Crippen LogP contribution in [0.5, 0.6) is 11.5 Å². The van der Waals surface area contributed by atoms with Gasteiger partial charge in [-0.2, -0.15) is 0 Å². The number of rotatable bonds is 7. The van der Waals surface area contributed by atoms with Crippen LogP contribution < -0.4 is 15.0 Å². The maximum absolute atomic E-state index is 12.2. The summed E-state index contributed by atoms with van der Waals surface area (Å²) in [7, 11) is 1.57. The van der Waals surface area contributed by atoms with Gasteiger partial charge in [-0.05, 0) is 49.8 Å². The van der Waals surface area contributed by atoms with Crippen LogP contribution in [0, 0.1) is 0 Å². The molecule has 3 rings (SSSR count). The van der Waals surface area contributed by atoms with Crippen molar-refractivity contribution < 1.29 is 19.0 Å². The minimum Gasteiger partial charge on any atom is -0.493 e. The van der Waals surface area contributed by atoms with E-state index in [0.717, 1.165) is 5.56 Å². The first-order valence-corrected chi connectivity index (χ1v) is 9.20. The number of H-pyrrole nitrogens is 1. The van der Waals surface area contributed by atoms with Gasteiger partial charge in [-0.15, -0.1) is 0 Å². The number of nitrogens with one attached hydrogen (secondary N) is 1. The average molecular weight is 394 g/mol. The van der Waals surface area contributed by atoms with Crippen molar-refractivity contribution in [3.8, 4) is 11.5 Å². The van der Waals surface area contributed by atoms with Gasteiger partial charge in [-0.25, -0.2) is 9.78 Å². The molecule has 1 N–H and O–H groups in total. The molecule has 0 radical (unpaired) electrons. The highest BCUT2D eigenvalue weighted by atomic mass is 16.5. The van der Waals surface area contributed by atoms with Crippen LogP contribution in [0.25, 0.3) is 17.0 Å². The highest BCUT2D eigenvalue weighted by molar-refractivity contribution is 5.87. The summed E-state index contributed by atoms with van der Waals surface area (Å²) in [4.78, 5) is 31.4. The quantitative estimate of drug-likeness (QED) is 0.486. The molecule has 0 aliphatic rings. The van der Waals surface area contributed by atoms with E-state index in [4.69, 9.17) is 14.2 Å². The van der Waals surface area contributed by atoms with Crippen LogP contribution in [0.1, 0.15) is 31.3 Å². The molecule has 2 aromatic carbocycles. The molecular weight excluding hydrogens is 372 g/mol. The third kappa shape index (κ3) is 4.82. The number of aromatic nitrogens is 2. The molecule has 0 saturated heterocycles. The zero-order valence-corrected chi connectivity index (χ0v) is 16.5. The van der Waals surface area contributed by atoms with E-state index in [0.29, 0.717) is 34.8 Å². The number of esters is 1. The number of hydrogen-bond donors (Lipinski definition) is 1. The SMILES string of the molecule is CCOc1cc(/C=C/C(=O)O[C@@H](C)c2nc3ccccc3c(=O)[nH]2)ccc1OC. The van der Waals surface area contributed by atoms with Gasteiger partial charge in [0.15, 0.2) is 23.4 Å². The maximum Gasteiger partial charge on any atom is 0.331 e. The molecule has 0 spiro atoms. The Morgan fingerprint density at radius 2 is 2.00 bits per heavy atom. The second-order valence-corrected chi connectivity index (χ2v) is 6.22. The fourth-order valence-corrected chi connectivity index (χ4v) is 2.80. The van der Waals surface area contributed by atoms with Gasteiger partial charge < -0.3 is 19.2 Å². The third-order valence-corrected chi connectivity index (χ3v) is 4.21. The van der Waals surface area contributed by atoms with E-state index in [-0.39, 0.29) is 5.56 Å². The van der Waals surface area contributed by atoms with E-state index in [2.05, 4.69) is 9.97 Å². The second-order valence-electron chi connectivity index (χ2n) is 6.22. The molecule has 0 saturated carbocycles. The Morgan fingerprint density at radius 3 is 2.76 bits per heavy atom. The molecule has 1 aromatic heterocycles. The first-order valence-electron chi connectivity index (χ1n) is 9.20. The zero-order valence-electron chi connectivity index (χ0n) is 16.5. The minimum atomic E-state index is -0.709. The first-order chi connectivity index (χ1) is 14.0. The summed E-state index contributed by atoms with van der Waals surface area (Å²) >= 11 is 0. The normalized spacial score (nSPS) is 12.1. The summed E-state index contributed by atoms with van der Waals surface area (Å²) in [5.74, 6) is 0.948. The van der Waals surface area contributed by atoms with Crippen molar-refractivity contribution in [1.82, 2.24) is 9.97 Å². The monoisotopic (exact) mass is 394 g/mol. The minimum absolute atomic E-state index is 0.272. The molecule has 7 nitrogen and oxygen atoms in total. The summed E-state index contributed by atoms with van der Waals surface area (Å²) in [5.41, 5.74) is 1.04. The molecule has 0 bridgehead atoms. The molecule has 29 heavy (non-hydrogen) atoms. The molecule has 0 unspecified atom stereocenters. The summed E-state index contributed by atoms with van der Waals surface area (Å²) < 4.78 is 16.1. The van der Waals surface area contributed by atoms with E-state index < -0.39 is 12.1 Å². The van der Waals surface area contributed by atoms with Crippen molar-refractivity contribution in [1.29, 1.82) is 0 Å². The number of nitrogens with zero attached hydrogens (tertiary/aromatic N) is 1. The van der Waals surface area contributed by atoms with E-state index >= 15 is 0 Å². The number of methoxy groups -OCH3 is 1. The van der Waals surface area contributed by atoms with Crippen molar-refractivity contribution in [2.24, 2.45) is 0 Å². The third-order valence-electron chi connectivity index (χ3n) is 4.21. The lowest BCUT2D eigenvalue weighted by Crippen LogP contribution is -2.16. The molecule has 0 amide bonds. The number of aromatic amines is 1. The van der Waals surface area contributed by atoms with Gasteiger partial charge in [0.1, 0.15) is 0 Å². The van der Waals surface area contributed by atoms with E-state index in [1.165, 1.54) is 6.08 Å². The number of benzene rings is 2. The van der Waals surface area contributed by atoms with E-state index in [1.807, 2.05) is 6.92 Å². The van der Waals surface area contributed by atoms with Gasteiger partial charge in [0, 0.05) is 6.08 Å². The van der Waals surface area contributed by atoms with Gasteiger partial charge in [0.05, 0.1) is 24.6 Å². The largest absolute Gasteiger partial charge is 0.493 e. The van der Waals surface area contributed by atoms with Gasteiger partial charge >= 0.3 is 5.97 Å². The second kappa shape index (κ2) is 9.05. The van der Waals surface area contributed by atoms with Gasteiger partial charge in [0.25, 0.3) is 5.56 Å². The van der Waals surface area contributed by atoms with Crippen molar-refractivity contribution in [2.75, 3.05) is 13.7 Å². The van der Waals surface area contributed by atoms with Crippen LogP contribution in [0.3, 0.4) is 0 Å². The molecule has 7 heteroatoms. The fraction of sp³-hybridized carbons (Fsp3) is 0.227. The zero-order chi connectivity index (χ0) is 20.8. The summed E-state index contributed by atoms with van der Waals surface area (Å²) in [6.07, 6.45) is 2.22. The summed E-state index contributed by atoms with van der Waals surface area (Å²) in [6.45, 7) is 4.03. The van der Waals surface area contributed by atoms with Crippen molar-refractivity contribution >= 4 is 22.9 Å². The standard InChI is InChI=1S/C22H22N2O5/c1-4-28-19-13-15(9-11-18(19)27-3)10-12-20(25)29-14(2)21-23-17-8-6-5-7-16(17)22(26)24-21/h5-14H,4H2,1-3H3,(H,23,24,26)/b12-10+/t14-/m0/s1. The number of hydrogen-bond acceptors (Lipinski definition) is 6. The Kier molecular flexibility index (Phi) is 6.29. The Bertz CT molecular complexity index is 1100. The molecule has 0 aliphatic carbocycles. The Hall–Kier alpha value is -3.61. The highest BCUT2D eigenvalue weighted by Crippen LogP contribution is 2.28. The van der Waals surface area contributed by atoms with E-state index in [1.54, 1.807) is 62.6 Å². The molecular formula is C22H22N2O5. The molecule has 0 fully saturated rings. The summed E-state index contributed by atoms with van der Waals surface area (Å²) in [5, 5.41) is 0.485. The topological polar surface area (TPSA) is 90.5 Å². The number of ether oxygens (including phenoxy) is 3. The smallest absolute Gasteiger partial charge is 0.331 e. The molecule has 0 aliphatic heterocycles. The van der Waals surface area contributed by atoms with Crippen LogP contribution in [0.4, 0.5) is 0 Å². The van der Waals surface area contributed by atoms with Crippen LogP contribution in [-0.2, 0) is 9.53 Å². The molecule has 1 atom stereocenters. The van der Waals surface area contributed by atoms with Gasteiger partial charge in [-0.1, -0.05) is 18.2 Å². The average Bonchev–Trinajstić information content (AvgIpc) is 2.72. The van der Waals surface area contributed by atoms with E-state index in [9.17, 15) is 9.59 Å². The Balaban J connectivity index is 1.72. The van der Waals surface area contributed by atoms with Crippen LogP contribution in [0.2, 0.25) is 0 Å². The molecule has 1 heterocycles. The molecule has 150 valence electrons. The first kappa shape index (κ1) is 20.1. The number of para-hydroxylation sites is 1. The fourth-order valence-electron chi connectivity index (χ4n) is 2.80. The molecule has 3 aromatic rings. The highest BCUT2D eigenvalue weighted by Gasteiger charge is 2.14. The lowest BCUT2D eigenvalue weighted by Gasteiger charge is -2.12. The number of carbonyl (C=O) groups excluding carboxylic acids is 1. The van der Waals surface area contributed by atoms with Crippen molar-refractivity contribution in [2.45, 2.75) is 20.0 Å². The van der Waals surface area contributed by atoms with Crippen molar-refractivity contribution in [3.05, 3.63) is 70.3 Å². The Morgan fingerprint density at radius 1 is 1.21 bits per heavy atom. The lowest BCUT2D eigenvalue weighted by atomic mass is 10.2. The van der Waals surface area contributed by atoms with Crippen LogP contribution in [-0.4, -0.2) is 29.7 Å². The van der Waals surface area contributed by atoms with Gasteiger partial charge in [-0.3, -0.25) is 4.79 Å². The van der Waals surface area contributed by atoms with Crippen LogP contribution >= 0.6 is 0 Å². The predicted octanol–water partition coefficient (Wildman–Crippen LogP) is 3.65. The van der Waals surface area contributed by atoms with Crippen LogP contribution in [0.15, 0.2) is 53.3 Å².